The summed E-state index contributed by atoms with van der Waals surface area (Å²) < 4.78 is 5.93. The number of benzene rings is 3. The van der Waals surface area contributed by atoms with Gasteiger partial charge in [-0.1, -0.05) is 108 Å². The summed E-state index contributed by atoms with van der Waals surface area (Å²) in [7, 11) is -2.43. The van der Waals surface area contributed by atoms with E-state index in [0.717, 1.165) is 27.5 Å². The fourth-order valence-electron chi connectivity index (χ4n) is 4.83. The van der Waals surface area contributed by atoms with Crippen LogP contribution >= 0.6 is 10.3 Å². The first kappa shape index (κ1) is 28.8. The van der Waals surface area contributed by atoms with E-state index in [9.17, 15) is 9.90 Å². The molecule has 1 N–H and O–H groups in total. The molecule has 0 aromatic heterocycles. The normalized spacial score (nSPS) is 11.8. The zero-order chi connectivity index (χ0) is 26.3. The summed E-state index contributed by atoms with van der Waals surface area (Å²) in [5.41, 5.74) is 2.57. The minimum absolute atomic E-state index is 0.886. The topological polar surface area (TPSA) is 46.5 Å². The van der Waals surface area contributed by atoms with Gasteiger partial charge in [-0.25, -0.2) is 4.79 Å². The van der Waals surface area contributed by atoms with Gasteiger partial charge in [-0.05, 0) is 83.5 Å². The van der Waals surface area contributed by atoms with Crippen LogP contribution in [0.15, 0.2) is 93.5 Å². The van der Waals surface area contributed by atoms with Crippen LogP contribution in [0.1, 0.15) is 89.2 Å². The van der Waals surface area contributed by atoms with E-state index in [4.69, 9.17) is 4.18 Å². The Kier molecular flexibility index (Phi) is 12.1. The largest absolute Gasteiger partial charge is 0.517 e. The predicted molar refractivity (Wildman–Crippen MR) is 156 cm³/mol. The number of unbranched alkanes of at least 4 members (excludes halogenated alkanes) is 8. The third kappa shape index (κ3) is 8.39. The van der Waals surface area contributed by atoms with Crippen LogP contribution in [0.3, 0.4) is 0 Å². The minimum atomic E-state index is -2.43. The molecule has 0 bridgehead atoms. The molecule has 0 saturated carbocycles. The standard InChI is InChI=1S/C33H44O3S/c1-3-5-7-9-12-16-28-20-24-31(25-21-28)37(36-33(34)35,30-18-14-11-15-19-30)32-26-22-29(23-27-32)17-13-10-8-6-4-2/h11,14-15,18-27H,3-10,12-13,16-17H2,1-2H3,(H,34,35). The zero-order valence-electron chi connectivity index (χ0n) is 22.7. The van der Waals surface area contributed by atoms with Crippen molar-refractivity contribution >= 4 is 16.5 Å². The lowest BCUT2D eigenvalue weighted by molar-refractivity contribution is 0.150. The van der Waals surface area contributed by atoms with E-state index in [1.807, 2.05) is 30.3 Å². The van der Waals surface area contributed by atoms with Crippen molar-refractivity contribution in [2.75, 3.05) is 0 Å². The van der Waals surface area contributed by atoms with E-state index in [-0.39, 0.29) is 0 Å². The van der Waals surface area contributed by atoms with Crippen molar-refractivity contribution < 1.29 is 14.1 Å². The molecule has 0 atom stereocenters. The first-order valence-corrected chi connectivity index (χ1v) is 15.6. The molecular weight excluding hydrogens is 476 g/mol. The van der Waals surface area contributed by atoms with Gasteiger partial charge in [-0.2, -0.15) is 0 Å². The Morgan fingerprint density at radius 3 is 1.41 bits per heavy atom. The molecule has 0 spiro atoms. The van der Waals surface area contributed by atoms with Gasteiger partial charge >= 0.3 is 6.16 Å². The molecule has 0 aliphatic carbocycles. The Labute approximate surface area is 225 Å². The number of carboxylic acid groups (broad SMARTS) is 1. The van der Waals surface area contributed by atoms with Gasteiger partial charge in [0, 0.05) is 14.7 Å². The summed E-state index contributed by atoms with van der Waals surface area (Å²) in [6.07, 6.45) is 13.4. The maximum absolute atomic E-state index is 12.1. The van der Waals surface area contributed by atoms with Gasteiger partial charge in [0.2, 0.25) is 0 Å². The number of hydrogen-bond acceptors (Lipinski definition) is 2. The highest BCUT2D eigenvalue weighted by Gasteiger charge is 2.35. The monoisotopic (exact) mass is 520 g/mol. The van der Waals surface area contributed by atoms with Crippen LogP contribution in [0.5, 0.6) is 0 Å². The van der Waals surface area contributed by atoms with Gasteiger partial charge in [-0.3, -0.25) is 0 Å². The van der Waals surface area contributed by atoms with Gasteiger partial charge in [0.15, 0.2) is 0 Å². The molecule has 0 amide bonds. The molecule has 3 aromatic rings. The third-order valence-corrected chi connectivity index (χ3v) is 10.1. The molecule has 0 aliphatic rings. The van der Waals surface area contributed by atoms with E-state index in [2.05, 4.69) is 62.4 Å². The maximum Gasteiger partial charge on any atom is 0.517 e. The van der Waals surface area contributed by atoms with Crippen molar-refractivity contribution in [3.8, 4) is 0 Å². The molecule has 0 unspecified atom stereocenters. The van der Waals surface area contributed by atoms with E-state index in [1.54, 1.807) is 0 Å². The summed E-state index contributed by atoms with van der Waals surface area (Å²) in [5.74, 6) is 0. The maximum atomic E-state index is 12.1. The van der Waals surface area contributed by atoms with Gasteiger partial charge in [0.25, 0.3) is 0 Å². The number of aryl methyl sites for hydroxylation is 2. The Hall–Kier alpha value is -2.72. The molecular formula is C33H44O3S. The lowest BCUT2D eigenvalue weighted by Gasteiger charge is -2.38. The van der Waals surface area contributed by atoms with Crippen LogP contribution in [0.4, 0.5) is 4.79 Å². The Morgan fingerprint density at radius 1 is 0.595 bits per heavy atom. The smallest absolute Gasteiger partial charge is 0.449 e. The highest BCUT2D eigenvalue weighted by atomic mass is 32.3. The quantitative estimate of drug-likeness (QED) is 0.191. The molecule has 4 heteroatoms. The van der Waals surface area contributed by atoms with Crippen LogP contribution in [-0.2, 0) is 17.0 Å². The predicted octanol–water partition coefficient (Wildman–Crippen LogP) is 10.6. The average molecular weight is 521 g/mol. The van der Waals surface area contributed by atoms with E-state index < -0.39 is 16.5 Å². The molecule has 0 radical (unpaired) electrons. The summed E-state index contributed by atoms with van der Waals surface area (Å²) >= 11 is 0. The number of hydrogen-bond donors (Lipinski definition) is 1. The summed E-state index contributed by atoms with van der Waals surface area (Å²) in [4.78, 5) is 14.8. The van der Waals surface area contributed by atoms with Crippen LogP contribution in [0.2, 0.25) is 0 Å². The highest BCUT2D eigenvalue weighted by molar-refractivity contribution is 8.30. The molecule has 0 heterocycles. The third-order valence-electron chi connectivity index (χ3n) is 6.92. The van der Waals surface area contributed by atoms with Crippen molar-refractivity contribution in [2.24, 2.45) is 0 Å². The molecule has 0 saturated heterocycles. The van der Waals surface area contributed by atoms with E-state index in [1.165, 1.54) is 75.3 Å². The molecule has 37 heavy (non-hydrogen) atoms. The average Bonchev–Trinajstić information content (AvgIpc) is 2.93. The molecule has 200 valence electrons. The van der Waals surface area contributed by atoms with Crippen molar-refractivity contribution in [1.29, 1.82) is 0 Å². The van der Waals surface area contributed by atoms with Gasteiger partial charge < -0.3 is 9.29 Å². The first-order chi connectivity index (χ1) is 18.1. The van der Waals surface area contributed by atoms with Crippen LogP contribution in [-0.4, -0.2) is 11.3 Å². The summed E-state index contributed by atoms with van der Waals surface area (Å²) in [5, 5.41) is 9.91. The van der Waals surface area contributed by atoms with Crippen molar-refractivity contribution in [2.45, 2.75) is 106 Å². The molecule has 3 aromatic carbocycles. The first-order valence-electron chi connectivity index (χ1n) is 14.1. The Bertz CT molecular complexity index is 988. The Balaban J connectivity index is 1.89. The SMILES string of the molecule is CCCCCCCc1ccc(S(OC(=O)O)(c2ccccc2)c2ccc(CCCCCCC)cc2)cc1. The van der Waals surface area contributed by atoms with Crippen LogP contribution in [0.25, 0.3) is 0 Å². The zero-order valence-corrected chi connectivity index (χ0v) is 23.5. The second kappa shape index (κ2) is 15.5. The molecule has 3 nitrogen and oxygen atoms in total. The van der Waals surface area contributed by atoms with E-state index in [0.29, 0.717) is 0 Å². The Morgan fingerprint density at radius 2 is 1.00 bits per heavy atom. The number of carbonyl (C=O) groups is 1. The van der Waals surface area contributed by atoms with Crippen LogP contribution in [0, 0.1) is 0 Å². The lowest BCUT2D eigenvalue weighted by Crippen LogP contribution is -2.12. The van der Waals surface area contributed by atoms with Gasteiger partial charge in [-0.15, -0.1) is 0 Å². The fraction of sp³-hybridized carbons (Fsp3) is 0.424. The summed E-state index contributed by atoms with van der Waals surface area (Å²) in [6.45, 7) is 4.48. The lowest BCUT2D eigenvalue weighted by atomic mass is 10.1. The second-order valence-electron chi connectivity index (χ2n) is 9.83. The fourth-order valence-corrected chi connectivity index (χ4v) is 7.73. The molecule has 0 aliphatic heterocycles. The summed E-state index contributed by atoms with van der Waals surface area (Å²) in [6, 6.07) is 26.7. The van der Waals surface area contributed by atoms with Crippen molar-refractivity contribution in [3.63, 3.8) is 0 Å². The molecule has 3 rings (SSSR count). The van der Waals surface area contributed by atoms with Crippen molar-refractivity contribution in [1.82, 2.24) is 0 Å². The van der Waals surface area contributed by atoms with Crippen molar-refractivity contribution in [3.05, 3.63) is 90.0 Å². The van der Waals surface area contributed by atoms with Gasteiger partial charge in [0.1, 0.15) is 0 Å². The number of rotatable bonds is 16. The highest BCUT2D eigenvalue weighted by Crippen LogP contribution is 2.69. The van der Waals surface area contributed by atoms with Gasteiger partial charge in [0.05, 0.1) is 0 Å². The second-order valence-corrected chi connectivity index (χ2v) is 12.5. The van der Waals surface area contributed by atoms with Crippen LogP contribution < -0.4 is 0 Å². The minimum Gasteiger partial charge on any atom is -0.449 e. The van der Waals surface area contributed by atoms with E-state index >= 15 is 0 Å². The molecule has 0 fully saturated rings.